The van der Waals surface area contributed by atoms with Crippen molar-refractivity contribution in [1.29, 1.82) is 0 Å². The van der Waals surface area contributed by atoms with Crippen LogP contribution in [0.5, 0.6) is 5.75 Å². The van der Waals surface area contributed by atoms with Crippen LogP contribution < -0.4 is 14.4 Å². The van der Waals surface area contributed by atoms with E-state index < -0.39 is 26.8 Å². The lowest BCUT2D eigenvalue weighted by atomic mass is 9.63. The van der Waals surface area contributed by atoms with E-state index in [9.17, 15) is 13.2 Å². The molecular formula is C49H63ClN4O5S. The van der Waals surface area contributed by atoms with E-state index in [0.29, 0.717) is 43.6 Å². The van der Waals surface area contributed by atoms with Crippen molar-refractivity contribution in [3.8, 4) is 5.75 Å². The fourth-order valence-electron chi connectivity index (χ4n) is 11.8. The molecule has 0 radical (unpaired) electrons. The lowest BCUT2D eigenvalue weighted by molar-refractivity contribution is -0.116. The Kier molecular flexibility index (Phi) is 12.2. The molecule has 9 nitrogen and oxygen atoms in total. The second kappa shape index (κ2) is 17.4. The van der Waals surface area contributed by atoms with Gasteiger partial charge in [0.15, 0.2) is 0 Å². The molecule has 1 amide bonds. The molecule has 2 bridgehead atoms. The maximum Gasteiger partial charge on any atom is 0.264 e. The Balaban J connectivity index is 1.13. The number of piperidine rings is 1. The highest BCUT2D eigenvalue weighted by atomic mass is 35.5. The minimum absolute atomic E-state index is 0.262. The first kappa shape index (κ1) is 41.9. The third-order valence-corrected chi connectivity index (χ3v) is 17.2. The molecule has 11 heteroatoms. The van der Waals surface area contributed by atoms with Gasteiger partial charge < -0.3 is 14.4 Å². The first-order valence-corrected chi connectivity index (χ1v) is 24.7. The minimum Gasteiger partial charge on any atom is -0.490 e. The molecule has 9 rings (SSSR count). The van der Waals surface area contributed by atoms with E-state index >= 15 is 0 Å². The molecule has 4 aliphatic heterocycles. The van der Waals surface area contributed by atoms with E-state index in [1.54, 1.807) is 6.07 Å². The number of hydrogen-bond donors (Lipinski definition) is 1. The highest BCUT2D eigenvalue weighted by molar-refractivity contribution is 7.90. The number of allylic oxidation sites excluding steroid dienone is 1. The number of nitrogens with zero attached hydrogens (tertiary/aromatic N) is 3. The molecule has 322 valence electrons. The number of amides is 1. The molecule has 3 fully saturated rings. The summed E-state index contributed by atoms with van der Waals surface area (Å²) in [5, 5.41) is -0.0821. The van der Waals surface area contributed by atoms with E-state index in [1.165, 1.54) is 36.9 Å². The molecule has 2 saturated heterocycles. The molecule has 3 aromatic rings. The SMILES string of the molecule is CCO[C@@]1(CN2CCN3CCCC[C@@H]3C2)/C=C/C[C@H](C)[C@@H](Cc2ccccc2)S(=O)(=O)NC(=O)c2ccc3c(c2)N(C[C@@H]2CC[C@H]21)C[C@@]1(CCCc2cc(Cl)ccc21)CO3. The van der Waals surface area contributed by atoms with E-state index in [1.807, 2.05) is 55.5 Å². The topological polar surface area (TPSA) is 91.4 Å². The normalized spacial score (nSPS) is 32.6. The van der Waals surface area contributed by atoms with Crippen molar-refractivity contribution in [2.45, 2.75) is 100 Å². The molecule has 6 aliphatic rings. The molecule has 1 N–H and O–H groups in total. The Labute approximate surface area is 362 Å². The lowest BCUT2D eigenvalue weighted by Gasteiger charge is -2.53. The van der Waals surface area contributed by atoms with Crippen LogP contribution in [0.15, 0.2) is 78.9 Å². The Bertz CT molecular complexity index is 2170. The number of hydrogen-bond acceptors (Lipinski definition) is 8. The van der Waals surface area contributed by atoms with Gasteiger partial charge in [0, 0.05) is 67.9 Å². The molecule has 4 heterocycles. The standard InChI is InChI=1S/C49H63ClN4O5S/c1-3-59-49(33-52-25-26-53-24-8-7-15-41(53)31-52)23-9-11-35(2)46(27-36-12-5-4-6-13-36)60(56,57)51-47(55)38-17-21-45-44(29-38)54(30-39-16-19-43(39)49)32-48(34-58-45)22-10-14-37-28-40(50)18-20-42(37)48/h4-6,9,12-13,17-18,20-21,23,28-29,35,39,41,43,46H,3,7-8,10-11,14-16,19,22,24-27,30-34H2,1-2H3,(H,51,55)/b23-9+/t35-,39-,41+,43+,46+,48-,49+/m0/s1. The van der Waals surface area contributed by atoms with Crippen molar-refractivity contribution in [2.24, 2.45) is 17.8 Å². The van der Waals surface area contributed by atoms with Crippen LogP contribution in [-0.2, 0) is 33.0 Å². The summed E-state index contributed by atoms with van der Waals surface area (Å²) in [6.45, 7) is 11.9. The number of benzene rings is 3. The monoisotopic (exact) mass is 854 g/mol. The Morgan fingerprint density at radius 2 is 1.83 bits per heavy atom. The fraction of sp³-hybridized carbons (Fsp3) is 0.571. The molecule has 2 aliphatic carbocycles. The van der Waals surface area contributed by atoms with Crippen LogP contribution in [0.2, 0.25) is 5.02 Å². The van der Waals surface area contributed by atoms with Crippen LogP contribution in [0, 0.1) is 17.8 Å². The minimum atomic E-state index is -4.11. The summed E-state index contributed by atoms with van der Waals surface area (Å²) in [7, 11) is -4.11. The van der Waals surface area contributed by atoms with Gasteiger partial charge in [-0.25, -0.2) is 13.1 Å². The zero-order valence-electron chi connectivity index (χ0n) is 35.5. The summed E-state index contributed by atoms with van der Waals surface area (Å²) in [4.78, 5) is 22.0. The number of aryl methyl sites for hydroxylation is 1. The molecule has 0 aromatic heterocycles. The number of piperazine rings is 1. The molecule has 1 spiro atoms. The van der Waals surface area contributed by atoms with Gasteiger partial charge in [-0.05, 0) is 136 Å². The number of halogens is 1. The number of carbonyl (C=O) groups is 1. The molecule has 7 atom stereocenters. The van der Waals surface area contributed by atoms with Crippen LogP contribution in [0.25, 0.3) is 0 Å². The molecular weight excluding hydrogens is 792 g/mol. The fourth-order valence-corrected chi connectivity index (χ4v) is 13.7. The van der Waals surface area contributed by atoms with Gasteiger partial charge in [0.05, 0.1) is 17.5 Å². The maximum absolute atomic E-state index is 14.5. The Morgan fingerprint density at radius 3 is 2.65 bits per heavy atom. The van der Waals surface area contributed by atoms with E-state index in [4.69, 9.17) is 21.1 Å². The van der Waals surface area contributed by atoms with Gasteiger partial charge in [-0.15, -0.1) is 0 Å². The third kappa shape index (κ3) is 8.40. The van der Waals surface area contributed by atoms with Crippen molar-refractivity contribution in [3.05, 3.63) is 106 Å². The number of sulfonamides is 1. The van der Waals surface area contributed by atoms with Crippen molar-refractivity contribution in [1.82, 2.24) is 14.5 Å². The van der Waals surface area contributed by atoms with Crippen molar-refractivity contribution in [3.63, 3.8) is 0 Å². The van der Waals surface area contributed by atoms with Gasteiger partial charge in [-0.1, -0.05) is 73.5 Å². The quantitative estimate of drug-likeness (QED) is 0.250. The van der Waals surface area contributed by atoms with Crippen LogP contribution in [0.3, 0.4) is 0 Å². The van der Waals surface area contributed by atoms with Gasteiger partial charge in [0.1, 0.15) is 11.4 Å². The highest BCUT2D eigenvalue weighted by Gasteiger charge is 2.50. The van der Waals surface area contributed by atoms with Crippen molar-refractivity contribution < 1.29 is 22.7 Å². The van der Waals surface area contributed by atoms with E-state index in [2.05, 4.69) is 50.6 Å². The van der Waals surface area contributed by atoms with Crippen LogP contribution >= 0.6 is 11.6 Å². The van der Waals surface area contributed by atoms with Crippen molar-refractivity contribution >= 4 is 33.2 Å². The number of fused-ring (bicyclic) bond motifs is 5. The van der Waals surface area contributed by atoms with Gasteiger partial charge in [-0.2, -0.15) is 0 Å². The zero-order valence-corrected chi connectivity index (χ0v) is 37.1. The molecule has 1 saturated carbocycles. The van der Waals surface area contributed by atoms with Crippen LogP contribution in [0.4, 0.5) is 5.69 Å². The average Bonchev–Trinajstić information content (AvgIpc) is 3.37. The van der Waals surface area contributed by atoms with Gasteiger partial charge in [-0.3, -0.25) is 14.6 Å². The summed E-state index contributed by atoms with van der Waals surface area (Å²) in [6.07, 6.45) is 14.4. The smallest absolute Gasteiger partial charge is 0.264 e. The number of nitrogens with one attached hydrogen (secondary N) is 1. The summed E-state index contributed by atoms with van der Waals surface area (Å²) in [6, 6.07) is 22.1. The largest absolute Gasteiger partial charge is 0.490 e. The Hall–Kier alpha value is -3.41. The van der Waals surface area contributed by atoms with Crippen molar-refractivity contribution in [2.75, 3.05) is 63.9 Å². The van der Waals surface area contributed by atoms with Gasteiger partial charge in [0.2, 0.25) is 10.0 Å². The summed E-state index contributed by atoms with van der Waals surface area (Å²) >= 11 is 6.57. The Morgan fingerprint density at radius 1 is 0.967 bits per heavy atom. The van der Waals surface area contributed by atoms with Crippen LogP contribution in [0.1, 0.15) is 92.3 Å². The zero-order chi connectivity index (χ0) is 41.5. The molecule has 3 aromatic carbocycles. The number of ether oxygens (including phenoxy) is 2. The summed E-state index contributed by atoms with van der Waals surface area (Å²) < 4.78 is 45.5. The highest BCUT2D eigenvalue weighted by Crippen LogP contribution is 2.49. The number of carbonyl (C=O) groups excluding carboxylic acids is 1. The van der Waals surface area contributed by atoms with Gasteiger partial charge in [0.25, 0.3) is 5.91 Å². The number of anilines is 1. The second-order valence-corrected chi connectivity index (χ2v) is 21.2. The second-order valence-electron chi connectivity index (χ2n) is 18.9. The molecule has 0 unspecified atom stereocenters. The first-order chi connectivity index (χ1) is 29.0. The predicted molar refractivity (Wildman–Crippen MR) is 240 cm³/mol. The predicted octanol–water partition coefficient (Wildman–Crippen LogP) is 8.05. The summed E-state index contributed by atoms with van der Waals surface area (Å²) in [5.41, 5.74) is 3.84. The van der Waals surface area contributed by atoms with Crippen LogP contribution in [-0.4, -0.2) is 100 Å². The van der Waals surface area contributed by atoms with Gasteiger partial charge >= 0.3 is 0 Å². The van der Waals surface area contributed by atoms with E-state index in [0.717, 1.165) is 93.4 Å². The summed E-state index contributed by atoms with van der Waals surface area (Å²) in [5.74, 6) is 0.431. The lowest BCUT2D eigenvalue weighted by Crippen LogP contribution is -2.61. The average molecular weight is 856 g/mol. The van der Waals surface area contributed by atoms with E-state index in [-0.39, 0.29) is 17.3 Å². The molecule has 60 heavy (non-hydrogen) atoms. The number of rotatable bonds is 6. The maximum atomic E-state index is 14.5. The first-order valence-electron chi connectivity index (χ1n) is 22.7. The third-order valence-electron chi connectivity index (χ3n) is 15.1.